The topological polar surface area (TPSA) is 80.8 Å². The van der Waals surface area contributed by atoms with E-state index in [1.54, 1.807) is 17.2 Å². The summed E-state index contributed by atoms with van der Waals surface area (Å²) in [6.45, 7) is 3.13. The molecule has 3 rings (SSSR count). The molecule has 1 fully saturated rings. The lowest BCUT2D eigenvalue weighted by Crippen LogP contribution is -2.41. The molecule has 0 saturated carbocycles. The summed E-state index contributed by atoms with van der Waals surface area (Å²) >= 11 is 1.29. The SMILES string of the molecule is CCOC(=O)C1CCN(C(=O)Cc2csc(Nc3ccc(OC(F)(F)F)cc3)n2)CC1. The van der Waals surface area contributed by atoms with Crippen molar-refractivity contribution in [1.29, 1.82) is 0 Å². The molecule has 2 heterocycles. The third kappa shape index (κ3) is 6.84. The molecule has 11 heteroatoms. The van der Waals surface area contributed by atoms with Crippen molar-refractivity contribution in [3.8, 4) is 5.75 Å². The minimum Gasteiger partial charge on any atom is -0.466 e. The maximum atomic E-state index is 12.5. The van der Waals surface area contributed by atoms with Crippen LogP contribution < -0.4 is 10.1 Å². The zero-order valence-corrected chi connectivity index (χ0v) is 17.6. The molecule has 168 valence electrons. The Kier molecular flexibility index (Phi) is 7.37. The van der Waals surface area contributed by atoms with Crippen LogP contribution in [0.5, 0.6) is 5.75 Å². The Bertz CT molecular complexity index is 894. The molecule has 1 aliphatic heterocycles. The number of esters is 1. The van der Waals surface area contributed by atoms with Gasteiger partial charge in [-0.05, 0) is 44.0 Å². The van der Waals surface area contributed by atoms with Crippen molar-refractivity contribution in [2.75, 3.05) is 25.0 Å². The molecule has 1 aliphatic rings. The second-order valence-electron chi connectivity index (χ2n) is 6.93. The Morgan fingerprint density at radius 3 is 2.52 bits per heavy atom. The van der Waals surface area contributed by atoms with Crippen molar-refractivity contribution in [2.45, 2.75) is 32.5 Å². The molecular weight excluding hydrogens is 435 g/mol. The summed E-state index contributed by atoms with van der Waals surface area (Å²) in [5.74, 6) is -0.738. The van der Waals surface area contributed by atoms with Crippen molar-refractivity contribution >= 4 is 34.0 Å². The number of alkyl halides is 3. The van der Waals surface area contributed by atoms with Crippen LogP contribution in [-0.4, -0.2) is 47.8 Å². The fraction of sp³-hybridized carbons (Fsp3) is 0.450. The van der Waals surface area contributed by atoms with E-state index in [-0.39, 0.29) is 30.0 Å². The van der Waals surface area contributed by atoms with Crippen LogP contribution in [0.3, 0.4) is 0 Å². The number of benzene rings is 1. The minimum absolute atomic E-state index is 0.0622. The third-order valence-electron chi connectivity index (χ3n) is 4.69. The highest BCUT2D eigenvalue weighted by Gasteiger charge is 2.31. The largest absolute Gasteiger partial charge is 0.573 e. The van der Waals surface area contributed by atoms with Gasteiger partial charge < -0.3 is 19.7 Å². The van der Waals surface area contributed by atoms with Crippen molar-refractivity contribution < 1.29 is 32.2 Å². The standard InChI is InChI=1S/C20H22F3N3O4S/c1-2-29-18(28)13-7-9-26(10-8-13)17(27)11-15-12-31-19(25-15)24-14-3-5-16(6-4-14)30-20(21,22)23/h3-6,12-13H,2,7-11H2,1H3,(H,24,25). The molecule has 1 aromatic carbocycles. The van der Waals surface area contributed by atoms with Gasteiger partial charge in [0.15, 0.2) is 5.13 Å². The highest BCUT2D eigenvalue weighted by molar-refractivity contribution is 7.13. The molecule has 0 atom stereocenters. The zero-order chi connectivity index (χ0) is 22.4. The van der Waals surface area contributed by atoms with E-state index in [0.29, 0.717) is 49.1 Å². The normalized spacial score (nSPS) is 14.9. The van der Waals surface area contributed by atoms with Gasteiger partial charge in [-0.1, -0.05) is 0 Å². The van der Waals surface area contributed by atoms with Gasteiger partial charge in [0.25, 0.3) is 0 Å². The number of hydrogen-bond donors (Lipinski definition) is 1. The van der Waals surface area contributed by atoms with Gasteiger partial charge in [0.2, 0.25) is 5.91 Å². The molecule has 0 bridgehead atoms. The van der Waals surface area contributed by atoms with Crippen LogP contribution in [0.15, 0.2) is 29.6 Å². The van der Waals surface area contributed by atoms with Crippen LogP contribution >= 0.6 is 11.3 Å². The van der Waals surface area contributed by atoms with Crippen LogP contribution in [0.4, 0.5) is 24.0 Å². The van der Waals surface area contributed by atoms with Crippen LogP contribution in [0, 0.1) is 5.92 Å². The molecule has 1 saturated heterocycles. The van der Waals surface area contributed by atoms with E-state index >= 15 is 0 Å². The summed E-state index contributed by atoms with van der Waals surface area (Å²) in [6, 6.07) is 5.30. The Balaban J connectivity index is 1.49. The van der Waals surface area contributed by atoms with Crippen molar-refractivity contribution in [2.24, 2.45) is 5.92 Å². The molecule has 1 aromatic heterocycles. The molecule has 7 nitrogen and oxygen atoms in total. The maximum Gasteiger partial charge on any atom is 0.573 e. The van der Waals surface area contributed by atoms with Crippen LogP contribution in [0.2, 0.25) is 0 Å². The summed E-state index contributed by atoms with van der Waals surface area (Å²) in [5, 5.41) is 5.27. The lowest BCUT2D eigenvalue weighted by atomic mass is 9.97. The molecule has 0 aliphatic carbocycles. The van der Waals surface area contributed by atoms with E-state index in [1.807, 2.05) is 0 Å². The summed E-state index contributed by atoms with van der Waals surface area (Å²) in [7, 11) is 0. The van der Waals surface area contributed by atoms with Crippen LogP contribution in [-0.2, 0) is 20.7 Å². The first-order chi connectivity index (χ1) is 14.7. The van der Waals surface area contributed by atoms with E-state index in [4.69, 9.17) is 4.74 Å². The third-order valence-corrected chi connectivity index (χ3v) is 5.50. The zero-order valence-electron chi connectivity index (χ0n) is 16.8. The highest BCUT2D eigenvalue weighted by atomic mass is 32.1. The van der Waals surface area contributed by atoms with E-state index in [1.165, 1.54) is 35.6 Å². The van der Waals surface area contributed by atoms with E-state index in [0.717, 1.165) is 0 Å². The van der Waals surface area contributed by atoms with Gasteiger partial charge in [-0.25, -0.2) is 4.98 Å². The number of nitrogens with one attached hydrogen (secondary N) is 1. The summed E-state index contributed by atoms with van der Waals surface area (Å²) < 4.78 is 45.5. The van der Waals surface area contributed by atoms with Gasteiger partial charge in [0, 0.05) is 24.2 Å². The lowest BCUT2D eigenvalue weighted by molar-refractivity contribution is -0.274. The van der Waals surface area contributed by atoms with Gasteiger partial charge >= 0.3 is 12.3 Å². The smallest absolute Gasteiger partial charge is 0.466 e. The van der Waals surface area contributed by atoms with Crippen molar-refractivity contribution in [1.82, 2.24) is 9.88 Å². The first-order valence-electron chi connectivity index (χ1n) is 9.75. The second kappa shape index (κ2) is 9.99. The Labute approximate surface area is 181 Å². The Morgan fingerprint density at radius 1 is 1.23 bits per heavy atom. The Morgan fingerprint density at radius 2 is 1.90 bits per heavy atom. The molecule has 2 aromatic rings. The number of rotatable bonds is 7. The predicted octanol–water partition coefficient (Wildman–Crippen LogP) is 4.13. The van der Waals surface area contributed by atoms with Gasteiger partial charge in [-0.2, -0.15) is 0 Å². The number of likely N-dealkylation sites (tertiary alicyclic amines) is 1. The molecule has 0 unspecified atom stereocenters. The molecule has 1 amide bonds. The van der Waals surface area contributed by atoms with Gasteiger partial charge in [-0.3, -0.25) is 9.59 Å². The quantitative estimate of drug-likeness (QED) is 0.630. The van der Waals surface area contributed by atoms with E-state index in [2.05, 4.69) is 15.0 Å². The second-order valence-corrected chi connectivity index (χ2v) is 7.78. The molecule has 0 radical (unpaired) electrons. The first-order valence-corrected chi connectivity index (χ1v) is 10.6. The van der Waals surface area contributed by atoms with Crippen LogP contribution in [0.1, 0.15) is 25.5 Å². The number of carbonyl (C=O) groups excluding carboxylic acids is 2. The lowest BCUT2D eigenvalue weighted by Gasteiger charge is -2.30. The number of carbonyl (C=O) groups is 2. The summed E-state index contributed by atoms with van der Waals surface area (Å²) in [4.78, 5) is 30.4. The number of halogens is 3. The highest BCUT2D eigenvalue weighted by Crippen LogP contribution is 2.27. The number of anilines is 2. The molecule has 31 heavy (non-hydrogen) atoms. The fourth-order valence-electron chi connectivity index (χ4n) is 3.20. The van der Waals surface area contributed by atoms with Gasteiger partial charge in [0.05, 0.1) is 24.6 Å². The van der Waals surface area contributed by atoms with Crippen molar-refractivity contribution in [3.05, 3.63) is 35.3 Å². The summed E-state index contributed by atoms with van der Waals surface area (Å²) in [5.41, 5.74) is 1.14. The van der Waals surface area contributed by atoms with Gasteiger partial charge in [-0.15, -0.1) is 24.5 Å². The number of piperidine rings is 1. The Hall–Kier alpha value is -2.82. The number of thiazole rings is 1. The predicted molar refractivity (Wildman–Crippen MR) is 108 cm³/mol. The number of aromatic nitrogens is 1. The number of amides is 1. The number of ether oxygens (including phenoxy) is 2. The maximum absolute atomic E-state index is 12.5. The number of nitrogens with zero attached hydrogens (tertiary/aromatic N) is 2. The average Bonchev–Trinajstić information content (AvgIpc) is 3.15. The minimum atomic E-state index is -4.74. The van der Waals surface area contributed by atoms with Crippen LogP contribution in [0.25, 0.3) is 0 Å². The van der Waals surface area contributed by atoms with Gasteiger partial charge in [0.1, 0.15) is 5.75 Å². The van der Waals surface area contributed by atoms with Crippen molar-refractivity contribution in [3.63, 3.8) is 0 Å². The first kappa shape index (κ1) is 22.9. The fourth-order valence-corrected chi connectivity index (χ4v) is 3.93. The van der Waals surface area contributed by atoms with E-state index in [9.17, 15) is 22.8 Å². The number of hydrogen-bond acceptors (Lipinski definition) is 7. The molecule has 0 spiro atoms. The molecule has 1 N–H and O–H groups in total. The van der Waals surface area contributed by atoms with E-state index < -0.39 is 6.36 Å². The summed E-state index contributed by atoms with van der Waals surface area (Å²) in [6.07, 6.45) is -3.43. The monoisotopic (exact) mass is 457 g/mol. The average molecular weight is 457 g/mol. The molecular formula is C20H22F3N3O4S.